The Morgan fingerprint density at radius 1 is 1.10 bits per heavy atom. The number of pyridine rings is 2. The molecule has 1 aliphatic heterocycles. The Hall–Kier alpha value is -1.94. The van der Waals surface area contributed by atoms with Crippen LogP contribution in [0.25, 0.3) is 0 Å². The molecule has 110 valence electrons. The second-order valence-corrected chi connectivity index (χ2v) is 5.62. The van der Waals surface area contributed by atoms with Crippen LogP contribution < -0.4 is 10.2 Å². The highest BCUT2D eigenvalue weighted by atomic mass is 15.2. The normalized spacial score (nSPS) is 17.7. The minimum atomic E-state index is 0.374. The lowest BCUT2D eigenvalue weighted by molar-refractivity contribution is 0.380. The lowest BCUT2D eigenvalue weighted by Gasteiger charge is -2.34. The highest BCUT2D eigenvalue weighted by molar-refractivity contribution is 5.38. The smallest absolute Gasteiger partial charge is 0.128 e. The van der Waals surface area contributed by atoms with E-state index in [2.05, 4.69) is 51.4 Å². The van der Waals surface area contributed by atoms with Gasteiger partial charge in [-0.2, -0.15) is 0 Å². The highest BCUT2D eigenvalue weighted by Gasteiger charge is 2.21. The average Bonchev–Trinajstić information content (AvgIpc) is 2.57. The van der Waals surface area contributed by atoms with Gasteiger partial charge in [-0.05, 0) is 49.6 Å². The summed E-state index contributed by atoms with van der Waals surface area (Å²) in [6.45, 7) is 4.36. The second-order valence-electron chi connectivity index (χ2n) is 5.62. The van der Waals surface area contributed by atoms with Crippen molar-refractivity contribution < 1.29 is 0 Å². The summed E-state index contributed by atoms with van der Waals surface area (Å²) in [4.78, 5) is 10.9. The molecular formula is C17H22N4. The van der Waals surface area contributed by atoms with E-state index in [-0.39, 0.29) is 0 Å². The van der Waals surface area contributed by atoms with Crippen LogP contribution >= 0.6 is 0 Å². The number of rotatable bonds is 4. The largest absolute Gasteiger partial charge is 0.357 e. The first-order valence-electron chi connectivity index (χ1n) is 7.65. The van der Waals surface area contributed by atoms with Crippen molar-refractivity contribution in [3.63, 3.8) is 0 Å². The molecule has 0 aromatic carbocycles. The minimum Gasteiger partial charge on any atom is -0.357 e. The first kappa shape index (κ1) is 14.0. The molecule has 1 N–H and O–H groups in total. The standard InChI is InChI=1S/C17H22N4/c1-14(15-5-10-18-11-6-15)20-16-7-12-21(13-8-16)17-4-2-3-9-19-17/h2-6,9-11,14,16,20H,7-8,12-13H2,1H3/t14-/m0/s1. The fraction of sp³-hybridized carbons (Fsp3) is 0.412. The first-order chi connectivity index (χ1) is 10.3. The Labute approximate surface area is 126 Å². The van der Waals surface area contributed by atoms with E-state index in [0.29, 0.717) is 12.1 Å². The maximum atomic E-state index is 4.43. The molecule has 0 saturated carbocycles. The van der Waals surface area contributed by atoms with Crippen LogP contribution in [0.15, 0.2) is 48.9 Å². The Morgan fingerprint density at radius 2 is 1.86 bits per heavy atom. The number of hydrogen-bond acceptors (Lipinski definition) is 4. The maximum Gasteiger partial charge on any atom is 0.128 e. The summed E-state index contributed by atoms with van der Waals surface area (Å²) < 4.78 is 0. The molecule has 0 bridgehead atoms. The van der Waals surface area contributed by atoms with Crippen LogP contribution in [0.4, 0.5) is 5.82 Å². The van der Waals surface area contributed by atoms with Crippen molar-refractivity contribution in [3.05, 3.63) is 54.5 Å². The number of anilines is 1. The number of nitrogens with one attached hydrogen (secondary N) is 1. The lowest BCUT2D eigenvalue weighted by Crippen LogP contribution is -2.43. The van der Waals surface area contributed by atoms with E-state index in [1.807, 2.05) is 24.7 Å². The van der Waals surface area contributed by atoms with Gasteiger partial charge in [0, 0.05) is 43.8 Å². The zero-order valence-electron chi connectivity index (χ0n) is 12.4. The molecule has 3 rings (SSSR count). The van der Waals surface area contributed by atoms with E-state index in [9.17, 15) is 0 Å². The molecule has 0 aliphatic carbocycles. The van der Waals surface area contributed by atoms with Gasteiger partial charge >= 0.3 is 0 Å². The molecule has 0 amide bonds. The van der Waals surface area contributed by atoms with Crippen molar-refractivity contribution in [3.8, 4) is 0 Å². The van der Waals surface area contributed by atoms with Gasteiger partial charge < -0.3 is 10.2 Å². The molecule has 4 nitrogen and oxygen atoms in total. The third-order valence-corrected chi connectivity index (χ3v) is 4.16. The first-order valence-corrected chi connectivity index (χ1v) is 7.65. The molecule has 3 heterocycles. The minimum absolute atomic E-state index is 0.374. The average molecular weight is 282 g/mol. The van der Waals surface area contributed by atoms with Gasteiger partial charge in [0.2, 0.25) is 0 Å². The van der Waals surface area contributed by atoms with Gasteiger partial charge in [0.15, 0.2) is 0 Å². The monoisotopic (exact) mass is 282 g/mol. The zero-order valence-corrected chi connectivity index (χ0v) is 12.4. The predicted octanol–water partition coefficient (Wildman–Crippen LogP) is 2.80. The Bertz CT molecular complexity index is 535. The molecule has 1 fully saturated rings. The van der Waals surface area contributed by atoms with Crippen molar-refractivity contribution in [2.45, 2.75) is 31.8 Å². The van der Waals surface area contributed by atoms with Crippen LogP contribution in [0.3, 0.4) is 0 Å². The fourth-order valence-electron chi connectivity index (χ4n) is 2.92. The van der Waals surface area contributed by atoms with E-state index < -0.39 is 0 Å². The van der Waals surface area contributed by atoms with Gasteiger partial charge in [0.1, 0.15) is 5.82 Å². The van der Waals surface area contributed by atoms with Crippen LogP contribution in [-0.4, -0.2) is 29.1 Å². The SMILES string of the molecule is C[C@H](NC1CCN(c2ccccn2)CC1)c1ccncc1. The van der Waals surface area contributed by atoms with Crippen molar-refractivity contribution >= 4 is 5.82 Å². The maximum absolute atomic E-state index is 4.43. The van der Waals surface area contributed by atoms with E-state index in [0.717, 1.165) is 31.7 Å². The highest BCUT2D eigenvalue weighted by Crippen LogP contribution is 2.20. The summed E-state index contributed by atoms with van der Waals surface area (Å²) in [5, 5.41) is 3.73. The molecule has 2 aromatic rings. The summed E-state index contributed by atoms with van der Waals surface area (Å²) >= 11 is 0. The van der Waals surface area contributed by atoms with E-state index in [1.54, 1.807) is 0 Å². The van der Waals surface area contributed by atoms with Crippen molar-refractivity contribution in [2.75, 3.05) is 18.0 Å². The molecule has 0 unspecified atom stereocenters. The van der Waals surface area contributed by atoms with Crippen molar-refractivity contribution in [2.24, 2.45) is 0 Å². The van der Waals surface area contributed by atoms with Gasteiger partial charge in [0.25, 0.3) is 0 Å². The summed E-state index contributed by atoms with van der Waals surface area (Å²) in [5.74, 6) is 1.10. The van der Waals surface area contributed by atoms with Crippen LogP contribution in [0, 0.1) is 0 Å². The number of piperidine rings is 1. The third-order valence-electron chi connectivity index (χ3n) is 4.16. The van der Waals surface area contributed by atoms with Crippen LogP contribution in [0.2, 0.25) is 0 Å². The van der Waals surface area contributed by atoms with Gasteiger partial charge in [-0.1, -0.05) is 6.07 Å². The molecule has 0 radical (unpaired) electrons. The Balaban J connectivity index is 1.52. The molecule has 1 saturated heterocycles. The predicted molar refractivity (Wildman–Crippen MR) is 85.3 cm³/mol. The number of hydrogen-bond donors (Lipinski definition) is 1. The quantitative estimate of drug-likeness (QED) is 0.936. The third kappa shape index (κ3) is 3.58. The number of aromatic nitrogens is 2. The molecule has 1 atom stereocenters. The summed E-state index contributed by atoms with van der Waals surface area (Å²) in [7, 11) is 0. The van der Waals surface area contributed by atoms with Crippen molar-refractivity contribution in [1.29, 1.82) is 0 Å². The van der Waals surface area contributed by atoms with Gasteiger partial charge in [-0.15, -0.1) is 0 Å². The Morgan fingerprint density at radius 3 is 2.52 bits per heavy atom. The summed E-state index contributed by atoms with van der Waals surface area (Å²) in [5.41, 5.74) is 1.30. The molecule has 0 spiro atoms. The fourth-order valence-corrected chi connectivity index (χ4v) is 2.92. The van der Waals surface area contributed by atoms with E-state index >= 15 is 0 Å². The molecular weight excluding hydrogens is 260 g/mol. The molecule has 21 heavy (non-hydrogen) atoms. The second kappa shape index (κ2) is 6.68. The molecule has 2 aromatic heterocycles. The van der Waals surface area contributed by atoms with Gasteiger partial charge in [-0.3, -0.25) is 4.98 Å². The molecule has 1 aliphatic rings. The van der Waals surface area contributed by atoms with Crippen molar-refractivity contribution in [1.82, 2.24) is 15.3 Å². The lowest BCUT2D eigenvalue weighted by atomic mass is 10.0. The zero-order chi connectivity index (χ0) is 14.5. The van der Waals surface area contributed by atoms with Crippen LogP contribution in [0.5, 0.6) is 0 Å². The summed E-state index contributed by atoms with van der Waals surface area (Å²) in [6.07, 6.45) is 7.90. The van der Waals surface area contributed by atoms with Crippen LogP contribution in [0.1, 0.15) is 31.4 Å². The van der Waals surface area contributed by atoms with Gasteiger partial charge in [0.05, 0.1) is 0 Å². The van der Waals surface area contributed by atoms with Crippen LogP contribution in [-0.2, 0) is 0 Å². The molecule has 4 heteroatoms. The van der Waals surface area contributed by atoms with Gasteiger partial charge in [-0.25, -0.2) is 4.98 Å². The van der Waals surface area contributed by atoms with E-state index in [1.165, 1.54) is 5.56 Å². The Kier molecular flexibility index (Phi) is 4.46. The topological polar surface area (TPSA) is 41.0 Å². The summed E-state index contributed by atoms with van der Waals surface area (Å²) in [6, 6.07) is 11.2. The number of nitrogens with zero attached hydrogens (tertiary/aromatic N) is 3. The van der Waals surface area contributed by atoms with E-state index in [4.69, 9.17) is 0 Å².